The second-order valence-corrected chi connectivity index (χ2v) is 8.23. The summed E-state index contributed by atoms with van der Waals surface area (Å²) < 4.78 is 75.9. The molecule has 1 N–H and O–H groups in total. The summed E-state index contributed by atoms with van der Waals surface area (Å²) in [6.07, 6.45) is -3.37. The summed E-state index contributed by atoms with van der Waals surface area (Å²) in [5.74, 6) is -2.11. The van der Waals surface area contributed by atoms with Crippen LogP contribution in [0.1, 0.15) is 21.5 Å². The van der Waals surface area contributed by atoms with Gasteiger partial charge >= 0.3 is 12.1 Å². The molecule has 0 saturated heterocycles. The molecule has 0 amide bonds. The fraction of sp³-hybridized carbons (Fsp3) is 0.150. The van der Waals surface area contributed by atoms with Crippen molar-refractivity contribution in [2.45, 2.75) is 16.8 Å². The maximum atomic E-state index is 13.2. The van der Waals surface area contributed by atoms with Crippen molar-refractivity contribution in [3.63, 3.8) is 0 Å². The monoisotopic (exact) mass is 440 g/mol. The van der Waals surface area contributed by atoms with Crippen molar-refractivity contribution < 1.29 is 40.6 Å². The normalized spacial score (nSPS) is 12.0. The van der Waals surface area contributed by atoms with E-state index in [2.05, 4.69) is 0 Å². The summed E-state index contributed by atoms with van der Waals surface area (Å²) in [4.78, 5) is 10.8. The van der Waals surface area contributed by atoms with Crippen LogP contribution in [0.4, 0.5) is 13.2 Å². The van der Waals surface area contributed by atoms with E-state index >= 15 is 0 Å². The highest BCUT2D eigenvalue weighted by molar-refractivity contribution is 7.90. The molecule has 0 bridgehead atoms. The molecule has 0 atom stereocenters. The predicted octanol–water partition coefficient (Wildman–Crippen LogP) is 4.65. The molecule has 158 valence electrons. The molecule has 1 aromatic heterocycles. The number of hydrogen-bond donors (Lipinski definition) is 1. The Morgan fingerprint density at radius 2 is 1.87 bits per heavy atom. The van der Waals surface area contributed by atoms with Gasteiger partial charge in [-0.3, -0.25) is 0 Å². The first-order valence-corrected chi connectivity index (χ1v) is 10.1. The molecule has 3 rings (SSSR count). The van der Waals surface area contributed by atoms with Gasteiger partial charge in [-0.15, -0.1) is 0 Å². The highest BCUT2D eigenvalue weighted by Gasteiger charge is 2.32. The number of ether oxygens (including phenoxy) is 1. The number of furan rings is 1. The van der Waals surface area contributed by atoms with E-state index in [4.69, 9.17) is 14.3 Å². The Kier molecular flexibility index (Phi) is 5.62. The molecule has 2 aromatic carbocycles. The molecule has 0 radical (unpaired) electrons. The highest BCUT2D eigenvalue weighted by atomic mass is 32.2. The van der Waals surface area contributed by atoms with Gasteiger partial charge in [-0.25, -0.2) is 13.2 Å². The van der Waals surface area contributed by atoms with Gasteiger partial charge in [0.2, 0.25) is 0 Å². The van der Waals surface area contributed by atoms with Crippen LogP contribution in [-0.4, -0.2) is 26.6 Å². The average molecular weight is 440 g/mol. The Morgan fingerprint density at radius 1 is 1.13 bits per heavy atom. The fourth-order valence-corrected chi connectivity index (χ4v) is 4.47. The van der Waals surface area contributed by atoms with Crippen molar-refractivity contribution in [3.8, 4) is 17.1 Å². The van der Waals surface area contributed by atoms with Crippen molar-refractivity contribution >= 4 is 15.8 Å². The molecule has 0 fully saturated rings. The lowest BCUT2D eigenvalue weighted by molar-refractivity contribution is -0.137. The van der Waals surface area contributed by atoms with Crippen LogP contribution in [0.5, 0.6) is 5.75 Å². The van der Waals surface area contributed by atoms with Crippen molar-refractivity contribution in [2.75, 3.05) is 7.11 Å². The first-order valence-electron chi connectivity index (χ1n) is 8.41. The number of carboxylic acid groups (broad SMARTS) is 1. The number of rotatable bonds is 6. The minimum absolute atomic E-state index is 0.119. The van der Waals surface area contributed by atoms with E-state index in [1.165, 1.54) is 37.6 Å². The molecule has 1 heterocycles. The zero-order chi connectivity index (χ0) is 22.1. The molecule has 0 spiro atoms. The number of aromatic carboxylic acids is 1. The molecule has 6 nitrogen and oxygen atoms in total. The van der Waals surface area contributed by atoms with Crippen LogP contribution in [0, 0.1) is 0 Å². The third-order valence-corrected chi connectivity index (χ3v) is 5.99. The second kappa shape index (κ2) is 7.86. The summed E-state index contributed by atoms with van der Waals surface area (Å²) >= 11 is 0. The van der Waals surface area contributed by atoms with Gasteiger partial charge in [-0.05, 0) is 48.0 Å². The van der Waals surface area contributed by atoms with Gasteiger partial charge in [0.1, 0.15) is 16.4 Å². The lowest BCUT2D eigenvalue weighted by atomic mass is 10.0. The van der Waals surface area contributed by atoms with Crippen LogP contribution in [0.15, 0.2) is 64.1 Å². The minimum Gasteiger partial charge on any atom is -0.495 e. The summed E-state index contributed by atoms with van der Waals surface area (Å²) in [6.45, 7) is 0. The Balaban J connectivity index is 2.15. The maximum Gasteiger partial charge on any atom is 0.416 e. The smallest absolute Gasteiger partial charge is 0.416 e. The summed E-state index contributed by atoms with van der Waals surface area (Å²) in [6, 6.07) is 8.97. The summed E-state index contributed by atoms with van der Waals surface area (Å²) in [5.41, 5.74) is -1.30. The molecule has 10 heteroatoms. The Hall–Kier alpha value is -3.27. The number of hydrogen-bond acceptors (Lipinski definition) is 5. The van der Waals surface area contributed by atoms with E-state index in [1.54, 1.807) is 0 Å². The van der Waals surface area contributed by atoms with E-state index in [9.17, 15) is 26.4 Å². The van der Waals surface area contributed by atoms with Crippen LogP contribution >= 0.6 is 0 Å². The van der Waals surface area contributed by atoms with Gasteiger partial charge in [0.15, 0.2) is 9.84 Å². The molecule has 0 saturated carbocycles. The Bertz CT molecular complexity index is 1180. The number of carboxylic acids is 1. The SMILES string of the molecule is COc1ccc(C(=O)O)cc1S(=O)(=O)Cc1cc(C(F)(F)F)ccc1-c1ccco1. The predicted molar refractivity (Wildman–Crippen MR) is 100.0 cm³/mol. The van der Waals surface area contributed by atoms with Crippen LogP contribution in [0.25, 0.3) is 11.3 Å². The molecular formula is C20H15F3O6S. The topological polar surface area (TPSA) is 93.8 Å². The number of methoxy groups -OCH3 is 1. The van der Waals surface area contributed by atoms with E-state index in [-0.39, 0.29) is 28.2 Å². The number of sulfone groups is 1. The highest BCUT2D eigenvalue weighted by Crippen LogP contribution is 2.36. The minimum atomic E-state index is -4.68. The van der Waals surface area contributed by atoms with Crippen LogP contribution in [0.3, 0.4) is 0 Å². The van der Waals surface area contributed by atoms with Crippen molar-refractivity contribution in [2.24, 2.45) is 0 Å². The quantitative estimate of drug-likeness (QED) is 0.600. The third kappa shape index (κ3) is 4.33. The van der Waals surface area contributed by atoms with Gasteiger partial charge in [0.25, 0.3) is 0 Å². The lowest BCUT2D eigenvalue weighted by Crippen LogP contribution is -2.11. The van der Waals surface area contributed by atoms with Gasteiger partial charge < -0.3 is 14.3 Å². The van der Waals surface area contributed by atoms with Gasteiger partial charge in [0, 0.05) is 5.56 Å². The van der Waals surface area contributed by atoms with Crippen LogP contribution in [0.2, 0.25) is 0 Å². The third-order valence-electron chi connectivity index (χ3n) is 4.31. The van der Waals surface area contributed by atoms with E-state index in [0.29, 0.717) is 0 Å². The van der Waals surface area contributed by atoms with E-state index in [0.717, 1.165) is 24.3 Å². The number of halogens is 3. The number of alkyl halides is 3. The van der Waals surface area contributed by atoms with Crippen molar-refractivity contribution in [3.05, 3.63) is 71.5 Å². The molecular weight excluding hydrogens is 425 g/mol. The lowest BCUT2D eigenvalue weighted by Gasteiger charge is -2.14. The molecule has 30 heavy (non-hydrogen) atoms. The largest absolute Gasteiger partial charge is 0.495 e. The summed E-state index contributed by atoms with van der Waals surface area (Å²) in [5, 5.41) is 9.15. The zero-order valence-electron chi connectivity index (χ0n) is 15.4. The Morgan fingerprint density at radius 3 is 2.43 bits per heavy atom. The number of benzene rings is 2. The fourth-order valence-electron chi connectivity index (χ4n) is 2.90. The second-order valence-electron chi connectivity index (χ2n) is 6.28. The van der Waals surface area contributed by atoms with E-state index in [1.807, 2.05) is 0 Å². The average Bonchev–Trinajstić information content (AvgIpc) is 3.20. The molecule has 0 aliphatic rings. The Labute approximate surface area is 169 Å². The van der Waals surface area contributed by atoms with Crippen LogP contribution < -0.4 is 4.74 Å². The van der Waals surface area contributed by atoms with Crippen LogP contribution in [-0.2, 0) is 21.8 Å². The van der Waals surface area contributed by atoms with E-state index < -0.39 is 38.2 Å². The molecule has 0 unspecified atom stereocenters. The number of carbonyl (C=O) groups is 1. The first-order chi connectivity index (χ1) is 14.0. The zero-order valence-corrected chi connectivity index (χ0v) is 16.3. The van der Waals surface area contributed by atoms with Gasteiger partial charge in [0.05, 0.1) is 30.3 Å². The van der Waals surface area contributed by atoms with Crippen molar-refractivity contribution in [1.82, 2.24) is 0 Å². The maximum absolute atomic E-state index is 13.2. The van der Waals surface area contributed by atoms with Gasteiger partial charge in [-0.2, -0.15) is 13.2 Å². The molecule has 0 aliphatic heterocycles. The molecule has 0 aliphatic carbocycles. The standard InChI is InChI=1S/C20H15F3O6S/c1-28-17-7-4-12(19(24)25)10-18(17)30(26,27)11-13-9-14(20(21,22)23)5-6-15(13)16-3-2-8-29-16/h2-10H,11H2,1H3,(H,24,25). The van der Waals surface area contributed by atoms with Crippen molar-refractivity contribution in [1.29, 1.82) is 0 Å². The first kappa shape index (κ1) is 21.4. The van der Waals surface area contributed by atoms with Gasteiger partial charge in [-0.1, -0.05) is 6.07 Å². The molecule has 3 aromatic rings. The summed E-state index contributed by atoms with van der Waals surface area (Å²) in [7, 11) is -3.08.